The Bertz CT molecular complexity index is 571. The molecule has 1 aromatic carbocycles. The molecule has 0 aliphatic carbocycles. The SMILES string of the molecule is Cc1ccc(C#CCCO)c(C(=O)N2CCOC(C)C2)c1. The molecule has 1 aromatic rings. The van der Waals surface area contributed by atoms with Gasteiger partial charge >= 0.3 is 0 Å². The minimum absolute atomic E-state index is 0.00199. The van der Waals surface area contributed by atoms with Crippen LogP contribution in [0.1, 0.15) is 34.8 Å². The minimum Gasteiger partial charge on any atom is -0.395 e. The number of amides is 1. The first-order valence-corrected chi connectivity index (χ1v) is 7.23. The second kappa shape index (κ2) is 7.26. The molecule has 1 atom stereocenters. The van der Waals surface area contributed by atoms with Gasteiger partial charge in [-0.1, -0.05) is 23.5 Å². The number of morpholine rings is 1. The fraction of sp³-hybridized carbons (Fsp3) is 0.471. The third kappa shape index (κ3) is 4.07. The number of aliphatic hydroxyl groups is 1. The zero-order valence-corrected chi connectivity index (χ0v) is 12.6. The maximum Gasteiger partial charge on any atom is 0.255 e. The summed E-state index contributed by atoms with van der Waals surface area (Å²) in [4.78, 5) is 14.5. The van der Waals surface area contributed by atoms with Crippen molar-refractivity contribution in [3.8, 4) is 11.8 Å². The molecule has 4 nitrogen and oxygen atoms in total. The fourth-order valence-electron chi connectivity index (χ4n) is 2.33. The number of aryl methyl sites for hydroxylation is 1. The summed E-state index contributed by atoms with van der Waals surface area (Å²) in [6.07, 6.45) is 0.479. The number of rotatable bonds is 2. The summed E-state index contributed by atoms with van der Waals surface area (Å²) in [6, 6.07) is 5.70. The predicted molar refractivity (Wildman–Crippen MR) is 81.1 cm³/mol. The summed E-state index contributed by atoms with van der Waals surface area (Å²) in [6.45, 7) is 5.76. The number of ether oxygens (including phenoxy) is 1. The highest BCUT2D eigenvalue weighted by molar-refractivity contribution is 5.97. The zero-order valence-electron chi connectivity index (χ0n) is 12.6. The first-order valence-electron chi connectivity index (χ1n) is 7.23. The van der Waals surface area contributed by atoms with E-state index >= 15 is 0 Å². The topological polar surface area (TPSA) is 49.8 Å². The largest absolute Gasteiger partial charge is 0.395 e. The summed E-state index contributed by atoms with van der Waals surface area (Å²) in [5.41, 5.74) is 2.39. The molecule has 0 saturated carbocycles. The van der Waals surface area contributed by atoms with Gasteiger partial charge in [-0.05, 0) is 26.0 Å². The van der Waals surface area contributed by atoms with Crippen molar-refractivity contribution in [3.63, 3.8) is 0 Å². The Morgan fingerprint density at radius 3 is 3.05 bits per heavy atom. The van der Waals surface area contributed by atoms with Crippen LogP contribution >= 0.6 is 0 Å². The molecule has 1 aliphatic rings. The summed E-state index contributed by atoms with van der Waals surface area (Å²) < 4.78 is 5.48. The van der Waals surface area contributed by atoms with Gasteiger partial charge in [0.05, 0.1) is 24.9 Å². The number of hydrogen-bond acceptors (Lipinski definition) is 3. The van der Waals surface area contributed by atoms with E-state index in [1.807, 2.05) is 36.9 Å². The molecule has 1 aliphatic heterocycles. The molecular weight excluding hydrogens is 266 g/mol. The molecule has 21 heavy (non-hydrogen) atoms. The monoisotopic (exact) mass is 287 g/mol. The van der Waals surface area contributed by atoms with Crippen LogP contribution in [0.15, 0.2) is 18.2 Å². The van der Waals surface area contributed by atoms with Crippen molar-refractivity contribution >= 4 is 5.91 Å². The summed E-state index contributed by atoms with van der Waals surface area (Å²) in [5.74, 6) is 5.87. The van der Waals surface area contributed by atoms with E-state index in [1.165, 1.54) is 0 Å². The quantitative estimate of drug-likeness (QED) is 0.840. The molecule has 1 N–H and O–H groups in total. The van der Waals surface area contributed by atoms with Crippen LogP contribution in [-0.2, 0) is 4.74 Å². The molecule has 2 rings (SSSR count). The molecule has 112 valence electrons. The van der Waals surface area contributed by atoms with Gasteiger partial charge in [0, 0.05) is 25.1 Å². The molecule has 0 aromatic heterocycles. The maximum absolute atomic E-state index is 12.7. The van der Waals surface area contributed by atoms with E-state index in [0.717, 1.165) is 11.1 Å². The van der Waals surface area contributed by atoms with Crippen LogP contribution in [0, 0.1) is 18.8 Å². The van der Waals surface area contributed by atoms with Crippen molar-refractivity contribution in [1.82, 2.24) is 4.90 Å². The van der Waals surface area contributed by atoms with E-state index in [-0.39, 0.29) is 18.6 Å². The van der Waals surface area contributed by atoms with Crippen molar-refractivity contribution in [3.05, 3.63) is 34.9 Å². The minimum atomic E-state index is 0.00199. The molecule has 4 heteroatoms. The van der Waals surface area contributed by atoms with E-state index in [1.54, 1.807) is 0 Å². The van der Waals surface area contributed by atoms with E-state index in [0.29, 0.717) is 31.7 Å². The van der Waals surface area contributed by atoms with Crippen LogP contribution in [0.3, 0.4) is 0 Å². The van der Waals surface area contributed by atoms with Crippen molar-refractivity contribution in [1.29, 1.82) is 0 Å². The van der Waals surface area contributed by atoms with E-state index in [2.05, 4.69) is 11.8 Å². The maximum atomic E-state index is 12.7. The lowest BCUT2D eigenvalue weighted by atomic mass is 10.0. The van der Waals surface area contributed by atoms with Gasteiger partial charge in [-0.3, -0.25) is 4.79 Å². The van der Waals surface area contributed by atoms with Crippen molar-refractivity contribution in [2.75, 3.05) is 26.3 Å². The van der Waals surface area contributed by atoms with Gasteiger partial charge < -0.3 is 14.7 Å². The lowest BCUT2D eigenvalue weighted by Crippen LogP contribution is -2.44. The highest BCUT2D eigenvalue weighted by Crippen LogP contribution is 2.16. The fourth-order valence-corrected chi connectivity index (χ4v) is 2.33. The van der Waals surface area contributed by atoms with Gasteiger partial charge in [0.1, 0.15) is 0 Å². The Labute approximate surface area is 125 Å². The van der Waals surface area contributed by atoms with Crippen molar-refractivity contribution in [2.45, 2.75) is 26.4 Å². The highest BCUT2D eigenvalue weighted by Gasteiger charge is 2.23. The number of carbonyl (C=O) groups excluding carboxylic acids is 1. The van der Waals surface area contributed by atoms with Gasteiger partial charge in [-0.25, -0.2) is 0 Å². The molecule has 1 fully saturated rings. The number of hydrogen-bond donors (Lipinski definition) is 1. The van der Waals surface area contributed by atoms with E-state index < -0.39 is 0 Å². The Kier molecular flexibility index (Phi) is 5.38. The van der Waals surface area contributed by atoms with Crippen molar-refractivity contribution in [2.24, 2.45) is 0 Å². The van der Waals surface area contributed by atoms with Crippen LogP contribution in [0.25, 0.3) is 0 Å². The number of nitrogens with zero attached hydrogens (tertiary/aromatic N) is 1. The number of carbonyl (C=O) groups is 1. The lowest BCUT2D eigenvalue weighted by molar-refractivity contribution is -0.0124. The first-order chi connectivity index (χ1) is 10.1. The van der Waals surface area contributed by atoms with Gasteiger partial charge in [0.2, 0.25) is 0 Å². The smallest absolute Gasteiger partial charge is 0.255 e. The average Bonchev–Trinajstić information content (AvgIpc) is 2.48. The third-order valence-electron chi connectivity index (χ3n) is 3.39. The van der Waals surface area contributed by atoms with Gasteiger partial charge in [0.15, 0.2) is 0 Å². The molecule has 1 heterocycles. The molecule has 1 amide bonds. The zero-order chi connectivity index (χ0) is 15.2. The average molecular weight is 287 g/mol. The van der Waals surface area contributed by atoms with Crippen LogP contribution in [0.4, 0.5) is 0 Å². The molecule has 0 bridgehead atoms. The second-order valence-electron chi connectivity index (χ2n) is 5.26. The van der Waals surface area contributed by atoms with Crippen LogP contribution in [0.5, 0.6) is 0 Å². The first kappa shape index (κ1) is 15.6. The van der Waals surface area contributed by atoms with E-state index in [4.69, 9.17) is 9.84 Å². The molecule has 0 radical (unpaired) electrons. The second-order valence-corrected chi connectivity index (χ2v) is 5.26. The molecule has 1 unspecified atom stereocenters. The summed E-state index contributed by atoms with van der Waals surface area (Å²) in [5, 5.41) is 8.81. The number of benzene rings is 1. The van der Waals surface area contributed by atoms with Crippen LogP contribution < -0.4 is 0 Å². The Morgan fingerprint density at radius 2 is 2.33 bits per heavy atom. The highest BCUT2D eigenvalue weighted by atomic mass is 16.5. The van der Waals surface area contributed by atoms with E-state index in [9.17, 15) is 4.79 Å². The van der Waals surface area contributed by atoms with Gasteiger partial charge in [-0.15, -0.1) is 0 Å². The number of aliphatic hydroxyl groups excluding tert-OH is 1. The predicted octanol–water partition coefficient (Wildman–Crippen LogP) is 1.59. The molecular formula is C17H21NO3. The summed E-state index contributed by atoms with van der Waals surface area (Å²) >= 11 is 0. The standard InChI is InChI=1S/C17H21NO3/c1-13-6-7-15(5-3-4-9-19)16(11-13)17(20)18-8-10-21-14(2)12-18/h6-7,11,14,19H,4,8-10,12H2,1-2H3. The molecule has 1 saturated heterocycles. The Balaban J connectivity index is 2.26. The van der Waals surface area contributed by atoms with Gasteiger partial charge in [0.25, 0.3) is 5.91 Å². The normalized spacial score (nSPS) is 18.0. The molecule has 0 spiro atoms. The van der Waals surface area contributed by atoms with Crippen molar-refractivity contribution < 1.29 is 14.6 Å². The third-order valence-corrected chi connectivity index (χ3v) is 3.39. The summed E-state index contributed by atoms with van der Waals surface area (Å²) in [7, 11) is 0. The Morgan fingerprint density at radius 1 is 1.52 bits per heavy atom. The van der Waals surface area contributed by atoms with Crippen LogP contribution in [-0.4, -0.2) is 48.3 Å². The van der Waals surface area contributed by atoms with Crippen LogP contribution in [0.2, 0.25) is 0 Å². The Hall–Kier alpha value is -1.83. The lowest BCUT2D eigenvalue weighted by Gasteiger charge is -2.31. The van der Waals surface area contributed by atoms with Gasteiger partial charge in [-0.2, -0.15) is 0 Å².